The zero-order chi connectivity index (χ0) is 25.9. The summed E-state index contributed by atoms with van der Waals surface area (Å²) in [5, 5.41) is 0.608. The quantitative estimate of drug-likeness (QED) is 0.292. The van der Waals surface area contributed by atoms with E-state index in [-0.39, 0.29) is 5.78 Å². The van der Waals surface area contributed by atoms with E-state index in [9.17, 15) is 9.59 Å². The molecule has 1 aromatic carbocycles. The number of pyridine rings is 1. The number of aryl methyl sites for hydroxylation is 1. The number of ether oxygens (including phenoxy) is 2. The summed E-state index contributed by atoms with van der Waals surface area (Å²) in [5.74, 6) is 0.677. The number of rotatable bonds is 7. The number of aromatic nitrogens is 1. The van der Waals surface area contributed by atoms with E-state index in [1.807, 2.05) is 46.8 Å². The van der Waals surface area contributed by atoms with Gasteiger partial charge in [0.05, 0.1) is 12.7 Å². The molecule has 1 heterocycles. The van der Waals surface area contributed by atoms with E-state index in [0.29, 0.717) is 34.3 Å². The van der Waals surface area contributed by atoms with Crippen LogP contribution in [0.4, 0.5) is 0 Å². The van der Waals surface area contributed by atoms with E-state index in [4.69, 9.17) is 26.1 Å². The molecule has 0 N–H and O–H groups in total. The van der Waals surface area contributed by atoms with E-state index in [2.05, 4.69) is 6.92 Å². The summed E-state index contributed by atoms with van der Waals surface area (Å²) in [6.07, 6.45) is 4.01. The van der Waals surface area contributed by atoms with Crippen LogP contribution in [0.5, 0.6) is 0 Å². The summed E-state index contributed by atoms with van der Waals surface area (Å²) in [7, 11) is 1.35. The average molecular weight is 500 g/mol. The van der Waals surface area contributed by atoms with Crippen molar-refractivity contribution in [2.75, 3.05) is 7.11 Å². The third kappa shape index (κ3) is 6.71. The second-order valence-electron chi connectivity index (χ2n) is 10.9. The van der Waals surface area contributed by atoms with Crippen molar-refractivity contribution in [1.29, 1.82) is 0 Å². The maximum Gasteiger partial charge on any atom is 0.339 e. The Hall–Kier alpha value is -2.24. The maximum absolute atomic E-state index is 13.5. The van der Waals surface area contributed by atoms with Crippen LogP contribution in [0.2, 0.25) is 5.02 Å². The number of hydrogen-bond donors (Lipinski definition) is 0. The topological polar surface area (TPSA) is 65.5 Å². The molecule has 3 rings (SSSR count). The van der Waals surface area contributed by atoms with E-state index in [0.717, 1.165) is 35.4 Å². The molecule has 2 aromatic rings. The molecule has 5 nitrogen and oxygen atoms in total. The molecule has 1 aliphatic carbocycles. The number of Topliss-reactive ketones (excluding diaryl/α,β-unsaturated/α-hetero) is 1. The highest BCUT2D eigenvalue weighted by atomic mass is 35.5. The number of carbonyl (C=O) groups is 2. The summed E-state index contributed by atoms with van der Waals surface area (Å²) in [6, 6.07) is 7.41. The lowest BCUT2D eigenvalue weighted by Gasteiger charge is -2.30. The molecule has 0 saturated heterocycles. The van der Waals surface area contributed by atoms with Crippen molar-refractivity contribution >= 4 is 23.4 Å². The number of methoxy groups -OCH3 is 1. The zero-order valence-corrected chi connectivity index (χ0v) is 22.8. The standard InChI is InChI=1S/C29H38ClNO4/c1-17-8-10-20(11-9-17)16-23(32)26-18(2)24(21-12-14-22(30)15-13-21)25(19(3)31-26)27(28(33)34-7)35-29(4,5)6/h12-15,17,20,27H,8-11,16H2,1-7H3/t17?,20?,27-/m0/s1. The van der Waals surface area contributed by atoms with Crippen LogP contribution in [0.25, 0.3) is 11.1 Å². The zero-order valence-electron chi connectivity index (χ0n) is 22.0. The van der Waals surface area contributed by atoms with Crippen LogP contribution < -0.4 is 0 Å². The van der Waals surface area contributed by atoms with E-state index < -0.39 is 17.7 Å². The van der Waals surface area contributed by atoms with Crippen LogP contribution in [0, 0.1) is 25.7 Å². The average Bonchev–Trinajstić information content (AvgIpc) is 2.79. The Morgan fingerprint density at radius 1 is 1.09 bits per heavy atom. The molecule has 1 fully saturated rings. The SMILES string of the molecule is COC(=O)[C@@H](OC(C)(C)C)c1c(C)nc(C(=O)CC2CCC(C)CC2)c(C)c1-c1ccc(Cl)cc1. The number of nitrogens with zero attached hydrogens (tertiary/aromatic N) is 1. The molecule has 1 aliphatic rings. The summed E-state index contributed by atoms with van der Waals surface area (Å²) >= 11 is 6.17. The molecule has 0 aliphatic heterocycles. The number of ketones is 1. The predicted octanol–water partition coefficient (Wildman–Crippen LogP) is 7.45. The third-order valence-electron chi connectivity index (χ3n) is 6.82. The van der Waals surface area contributed by atoms with Crippen LogP contribution in [-0.4, -0.2) is 29.4 Å². The van der Waals surface area contributed by atoms with Crippen molar-refractivity contribution in [1.82, 2.24) is 4.98 Å². The number of esters is 1. The van der Waals surface area contributed by atoms with Crippen LogP contribution in [0.3, 0.4) is 0 Å². The molecule has 35 heavy (non-hydrogen) atoms. The van der Waals surface area contributed by atoms with Crippen molar-refractivity contribution in [2.45, 2.75) is 85.4 Å². The van der Waals surface area contributed by atoms with Gasteiger partial charge in [0.15, 0.2) is 11.9 Å². The van der Waals surface area contributed by atoms with Crippen molar-refractivity contribution in [2.24, 2.45) is 11.8 Å². The van der Waals surface area contributed by atoms with Gasteiger partial charge in [-0.2, -0.15) is 0 Å². The fourth-order valence-corrected chi connectivity index (χ4v) is 5.10. The molecule has 6 heteroatoms. The molecule has 1 aromatic heterocycles. The lowest BCUT2D eigenvalue weighted by molar-refractivity contribution is -0.164. The molecular formula is C29H38ClNO4. The summed E-state index contributed by atoms with van der Waals surface area (Å²) in [4.78, 5) is 31.2. The van der Waals surface area contributed by atoms with E-state index in [1.165, 1.54) is 20.0 Å². The second kappa shape index (κ2) is 11.2. The van der Waals surface area contributed by atoms with Crippen molar-refractivity contribution in [3.05, 3.63) is 51.8 Å². The van der Waals surface area contributed by atoms with Crippen LogP contribution in [0.1, 0.15) is 93.2 Å². The molecule has 0 amide bonds. The first-order chi connectivity index (χ1) is 16.4. The Morgan fingerprint density at radius 2 is 1.69 bits per heavy atom. The smallest absolute Gasteiger partial charge is 0.339 e. The van der Waals surface area contributed by atoms with Gasteiger partial charge in [-0.15, -0.1) is 0 Å². The van der Waals surface area contributed by atoms with Gasteiger partial charge in [0.1, 0.15) is 5.69 Å². The second-order valence-corrected chi connectivity index (χ2v) is 11.3. The van der Waals surface area contributed by atoms with Gasteiger partial charge in [-0.05, 0) is 88.1 Å². The van der Waals surface area contributed by atoms with E-state index >= 15 is 0 Å². The lowest BCUT2D eigenvalue weighted by Crippen LogP contribution is -2.30. The number of carbonyl (C=O) groups excluding carboxylic acids is 2. The largest absolute Gasteiger partial charge is 0.467 e. The van der Waals surface area contributed by atoms with Crippen LogP contribution in [-0.2, 0) is 14.3 Å². The third-order valence-corrected chi connectivity index (χ3v) is 7.08. The molecule has 0 radical (unpaired) electrons. The van der Waals surface area contributed by atoms with Crippen molar-refractivity contribution in [3.8, 4) is 11.1 Å². The molecule has 1 saturated carbocycles. The van der Waals surface area contributed by atoms with Crippen molar-refractivity contribution in [3.63, 3.8) is 0 Å². The Bertz CT molecular complexity index is 1060. The fraction of sp³-hybridized carbons (Fsp3) is 0.552. The molecule has 190 valence electrons. The molecule has 0 unspecified atom stereocenters. The highest BCUT2D eigenvalue weighted by Crippen LogP contribution is 2.39. The van der Waals surface area contributed by atoms with Crippen LogP contribution >= 0.6 is 11.6 Å². The van der Waals surface area contributed by atoms with Crippen LogP contribution in [0.15, 0.2) is 24.3 Å². The molecule has 0 spiro atoms. The van der Waals surface area contributed by atoms with Gasteiger partial charge in [0.2, 0.25) is 0 Å². The minimum Gasteiger partial charge on any atom is -0.467 e. The summed E-state index contributed by atoms with van der Waals surface area (Å²) in [6.45, 7) is 11.7. The highest BCUT2D eigenvalue weighted by molar-refractivity contribution is 6.30. The molecular weight excluding hydrogens is 462 g/mol. The Labute approximate surface area is 214 Å². The number of hydrogen-bond acceptors (Lipinski definition) is 5. The Morgan fingerprint density at radius 3 is 2.23 bits per heavy atom. The van der Waals surface area contributed by atoms with Gasteiger partial charge in [-0.3, -0.25) is 4.79 Å². The first kappa shape index (κ1) is 27.3. The van der Waals surface area contributed by atoms with Gasteiger partial charge in [0, 0.05) is 22.7 Å². The molecule has 0 bridgehead atoms. The monoisotopic (exact) mass is 499 g/mol. The fourth-order valence-electron chi connectivity index (χ4n) is 4.97. The maximum atomic E-state index is 13.5. The van der Waals surface area contributed by atoms with Gasteiger partial charge >= 0.3 is 5.97 Å². The minimum absolute atomic E-state index is 0.0540. The summed E-state index contributed by atoms with van der Waals surface area (Å²) < 4.78 is 11.3. The van der Waals surface area contributed by atoms with Gasteiger partial charge in [-0.25, -0.2) is 9.78 Å². The summed E-state index contributed by atoms with van der Waals surface area (Å²) in [5.41, 5.74) is 3.43. The predicted molar refractivity (Wildman–Crippen MR) is 140 cm³/mol. The number of halogens is 1. The first-order valence-corrected chi connectivity index (χ1v) is 12.8. The first-order valence-electron chi connectivity index (χ1n) is 12.5. The molecule has 1 atom stereocenters. The Balaban J connectivity index is 2.15. The van der Waals surface area contributed by atoms with Gasteiger partial charge < -0.3 is 9.47 Å². The van der Waals surface area contributed by atoms with E-state index in [1.54, 1.807) is 12.1 Å². The lowest BCUT2D eigenvalue weighted by atomic mass is 9.80. The normalized spacial score (nSPS) is 19.3. The number of benzene rings is 1. The highest BCUT2D eigenvalue weighted by Gasteiger charge is 2.34. The van der Waals surface area contributed by atoms with Gasteiger partial charge in [0.25, 0.3) is 0 Å². The Kier molecular flexibility index (Phi) is 8.76. The van der Waals surface area contributed by atoms with Gasteiger partial charge in [-0.1, -0.05) is 43.5 Å². The minimum atomic E-state index is -0.985. The van der Waals surface area contributed by atoms with Crippen molar-refractivity contribution < 1.29 is 19.1 Å².